The maximum Gasteiger partial charge on any atom is 0.188 e. The van der Waals surface area contributed by atoms with Crippen LogP contribution >= 0.6 is 35.7 Å². The summed E-state index contributed by atoms with van der Waals surface area (Å²) in [7, 11) is 0. The van der Waals surface area contributed by atoms with Gasteiger partial charge in [-0.3, -0.25) is 4.90 Å². The molecule has 3 rings (SSSR count). The monoisotopic (exact) mass is 460 g/mol. The lowest BCUT2D eigenvalue weighted by Gasteiger charge is -2.43. The molecule has 0 bridgehead atoms. The van der Waals surface area contributed by atoms with Gasteiger partial charge in [-0.05, 0) is 18.4 Å². The second kappa shape index (κ2) is 9.87. The largest absolute Gasteiger partial charge is 0.370 e. The van der Waals surface area contributed by atoms with Crippen LogP contribution in [0.3, 0.4) is 0 Å². The number of hydrogen-bond acceptors (Lipinski definition) is 3. The van der Waals surface area contributed by atoms with Gasteiger partial charge in [-0.1, -0.05) is 43.2 Å². The third-order valence-electron chi connectivity index (χ3n) is 5.09. The fourth-order valence-electron chi connectivity index (χ4n) is 3.75. The summed E-state index contributed by atoms with van der Waals surface area (Å²) < 4.78 is 0. The molecule has 0 spiro atoms. The van der Waals surface area contributed by atoms with E-state index in [1.165, 1.54) is 55.8 Å². The maximum absolute atomic E-state index is 6.10. The fourth-order valence-corrected chi connectivity index (χ4v) is 4.65. The van der Waals surface area contributed by atoms with Crippen LogP contribution in [0.2, 0.25) is 0 Å². The SMILES string of the molecule is I.NC(=NCc1ccccc1)NCC1(N2CCSCC2)CCCC1. The smallest absolute Gasteiger partial charge is 0.188 e. The molecule has 0 unspecified atom stereocenters. The summed E-state index contributed by atoms with van der Waals surface area (Å²) in [6.07, 6.45) is 5.26. The Morgan fingerprint density at radius 3 is 2.50 bits per heavy atom. The molecule has 2 fully saturated rings. The van der Waals surface area contributed by atoms with Gasteiger partial charge in [-0.15, -0.1) is 24.0 Å². The van der Waals surface area contributed by atoms with Crippen LogP contribution < -0.4 is 11.1 Å². The lowest BCUT2D eigenvalue weighted by atomic mass is 9.94. The van der Waals surface area contributed by atoms with Crippen LogP contribution in [0.1, 0.15) is 31.2 Å². The summed E-state index contributed by atoms with van der Waals surface area (Å²) in [5.74, 6) is 3.10. The first kappa shape index (κ1) is 19.8. The van der Waals surface area contributed by atoms with Crippen LogP contribution in [0.25, 0.3) is 0 Å². The molecule has 3 N–H and O–H groups in total. The highest BCUT2D eigenvalue weighted by molar-refractivity contribution is 14.0. The van der Waals surface area contributed by atoms with Crippen molar-refractivity contribution in [2.75, 3.05) is 31.1 Å². The predicted octanol–water partition coefficient (Wildman–Crippen LogP) is 3.07. The van der Waals surface area contributed by atoms with Crippen molar-refractivity contribution in [3.8, 4) is 0 Å². The summed E-state index contributed by atoms with van der Waals surface area (Å²) in [6, 6.07) is 10.3. The van der Waals surface area contributed by atoms with Gasteiger partial charge in [0, 0.05) is 36.7 Å². The number of guanidine groups is 1. The first-order chi connectivity index (χ1) is 11.3. The molecule has 2 aliphatic rings. The lowest BCUT2D eigenvalue weighted by molar-refractivity contribution is 0.107. The molecule has 6 heteroatoms. The molecule has 1 aliphatic carbocycles. The second-order valence-electron chi connectivity index (χ2n) is 6.57. The highest BCUT2D eigenvalue weighted by Gasteiger charge is 2.39. The first-order valence-corrected chi connectivity index (χ1v) is 9.85. The molecule has 0 radical (unpaired) electrons. The van der Waals surface area contributed by atoms with Crippen molar-refractivity contribution >= 4 is 41.7 Å². The number of halogens is 1. The molecule has 1 aromatic carbocycles. The summed E-state index contributed by atoms with van der Waals surface area (Å²) in [6.45, 7) is 4.01. The maximum atomic E-state index is 6.10. The lowest BCUT2D eigenvalue weighted by Crippen LogP contribution is -2.57. The van der Waals surface area contributed by atoms with Crippen molar-refractivity contribution in [1.29, 1.82) is 0 Å². The van der Waals surface area contributed by atoms with Gasteiger partial charge in [0.05, 0.1) is 6.54 Å². The van der Waals surface area contributed by atoms with Gasteiger partial charge in [0.15, 0.2) is 5.96 Å². The highest BCUT2D eigenvalue weighted by atomic mass is 127. The summed E-state index contributed by atoms with van der Waals surface area (Å²) in [5.41, 5.74) is 7.60. The number of nitrogens with two attached hydrogens (primary N) is 1. The van der Waals surface area contributed by atoms with Crippen LogP contribution in [0.15, 0.2) is 35.3 Å². The quantitative estimate of drug-likeness (QED) is 0.403. The van der Waals surface area contributed by atoms with Gasteiger partial charge in [-0.2, -0.15) is 11.8 Å². The van der Waals surface area contributed by atoms with Crippen LogP contribution in [-0.4, -0.2) is 47.5 Å². The van der Waals surface area contributed by atoms with Crippen molar-refractivity contribution < 1.29 is 0 Å². The standard InChI is InChI=1S/C18H28N4S.HI/c19-17(20-14-16-6-2-1-3-7-16)21-15-18(8-4-5-9-18)22-10-12-23-13-11-22;/h1-3,6-7H,4-5,8-15H2,(H3,19,20,21);1H. The third-order valence-corrected chi connectivity index (χ3v) is 6.03. The van der Waals surface area contributed by atoms with Crippen molar-refractivity contribution in [1.82, 2.24) is 10.2 Å². The van der Waals surface area contributed by atoms with E-state index in [0.29, 0.717) is 18.0 Å². The number of nitrogens with zero attached hydrogens (tertiary/aromatic N) is 2. The molecule has 1 heterocycles. The highest BCUT2D eigenvalue weighted by Crippen LogP contribution is 2.36. The zero-order valence-electron chi connectivity index (χ0n) is 14.2. The minimum Gasteiger partial charge on any atom is -0.370 e. The van der Waals surface area contributed by atoms with Gasteiger partial charge in [0.1, 0.15) is 0 Å². The number of rotatable bonds is 5. The van der Waals surface area contributed by atoms with Crippen LogP contribution in [0.4, 0.5) is 0 Å². The van der Waals surface area contributed by atoms with E-state index in [-0.39, 0.29) is 24.0 Å². The molecule has 0 amide bonds. The molecule has 134 valence electrons. The van der Waals surface area contributed by atoms with Crippen molar-refractivity contribution in [2.45, 2.75) is 37.8 Å². The number of aliphatic imine (C=N–C) groups is 1. The molecule has 1 saturated heterocycles. The van der Waals surface area contributed by atoms with E-state index < -0.39 is 0 Å². The minimum absolute atomic E-state index is 0. The molecule has 24 heavy (non-hydrogen) atoms. The van der Waals surface area contributed by atoms with E-state index in [0.717, 1.165) is 6.54 Å². The second-order valence-corrected chi connectivity index (χ2v) is 7.80. The average molecular weight is 460 g/mol. The van der Waals surface area contributed by atoms with Gasteiger partial charge < -0.3 is 11.1 Å². The Hall–Kier alpha value is -0.470. The number of nitrogens with one attached hydrogen (secondary N) is 1. The summed E-state index contributed by atoms with van der Waals surface area (Å²) >= 11 is 2.08. The fraction of sp³-hybridized carbons (Fsp3) is 0.611. The van der Waals surface area contributed by atoms with Crippen LogP contribution in [0.5, 0.6) is 0 Å². The Morgan fingerprint density at radius 2 is 1.83 bits per heavy atom. The molecule has 1 aliphatic heterocycles. The Morgan fingerprint density at radius 1 is 1.17 bits per heavy atom. The predicted molar refractivity (Wildman–Crippen MR) is 115 cm³/mol. The molecule has 4 nitrogen and oxygen atoms in total. The van der Waals surface area contributed by atoms with E-state index in [1.54, 1.807) is 0 Å². The zero-order chi connectivity index (χ0) is 16.0. The van der Waals surface area contributed by atoms with E-state index in [1.807, 2.05) is 18.2 Å². The topological polar surface area (TPSA) is 53.6 Å². The molecular formula is C18H29IN4S. The van der Waals surface area contributed by atoms with E-state index in [4.69, 9.17) is 5.73 Å². The van der Waals surface area contributed by atoms with E-state index >= 15 is 0 Å². The Kier molecular flexibility index (Phi) is 8.16. The normalized spacial score (nSPS) is 21.2. The van der Waals surface area contributed by atoms with Crippen LogP contribution in [0, 0.1) is 0 Å². The van der Waals surface area contributed by atoms with Gasteiger partial charge in [0.25, 0.3) is 0 Å². The number of thioether (sulfide) groups is 1. The molecule has 1 aromatic rings. The minimum atomic E-state index is 0. The van der Waals surface area contributed by atoms with Crippen LogP contribution in [-0.2, 0) is 6.54 Å². The number of hydrogen-bond donors (Lipinski definition) is 2. The average Bonchev–Trinajstić information content (AvgIpc) is 3.10. The van der Waals surface area contributed by atoms with Gasteiger partial charge in [0.2, 0.25) is 0 Å². The van der Waals surface area contributed by atoms with Crippen molar-refractivity contribution in [2.24, 2.45) is 10.7 Å². The van der Waals surface area contributed by atoms with Gasteiger partial charge in [-0.25, -0.2) is 4.99 Å². The Labute approximate surface area is 167 Å². The van der Waals surface area contributed by atoms with Crippen molar-refractivity contribution in [3.05, 3.63) is 35.9 Å². The molecule has 1 saturated carbocycles. The molecule has 0 aromatic heterocycles. The number of benzene rings is 1. The first-order valence-electron chi connectivity index (χ1n) is 8.69. The van der Waals surface area contributed by atoms with E-state index in [9.17, 15) is 0 Å². The molecule has 0 atom stereocenters. The Balaban J connectivity index is 0.00000208. The Bertz CT molecular complexity index is 511. The van der Waals surface area contributed by atoms with Crippen molar-refractivity contribution in [3.63, 3.8) is 0 Å². The zero-order valence-corrected chi connectivity index (χ0v) is 17.4. The summed E-state index contributed by atoms with van der Waals surface area (Å²) in [5, 5.41) is 3.41. The molecular weight excluding hydrogens is 431 g/mol. The third kappa shape index (κ3) is 5.26. The van der Waals surface area contributed by atoms with E-state index in [2.05, 4.69) is 39.1 Å². The van der Waals surface area contributed by atoms with Gasteiger partial charge >= 0.3 is 0 Å². The summed E-state index contributed by atoms with van der Waals surface area (Å²) in [4.78, 5) is 7.19.